The van der Waals surface area contributed by atoms with E-state index in [9.17, 15) is 5.11 Å². The highest BCUT2D eigenvalue weighted by atomic mass is 16.3. The molecule has 2 nitrogen and oxygen atoms in total. The van der Waals surface area contributed by atoms with Crippen molar-refractivity contribution in [2.45, 2.75) is 76.9 Å². The summed E-state index contributed by atoms with van der Waals surface area (Å²) in [5.74, 6) is 0.815. The first-order valence-electron chi connectivity index (χ1n) is 7.71. The lowest BCUT2D eigenvalue weighted by molar-refractivity contribution is 0.0530. The minimum absolute atomic E-state index is 0.0785. The summed E-state index contributed by atoms with van der Waals surface area (Å²) in [4.78, 5) is 2.54. The van der Waals surface area contributed by atoms with E-state index in [4.69, 9.17) is 0 Å². The van der Waals surface area contributed by atoms with Crippen LogP contribution in [0.4, 0.5) is 0 Å². The van der Waals surface area contributed by atoms with Crippen LogP contribution >= 0.6 is 0 Å². The molecule has 0 aromatic carbocycles. The predicted octanol–water partition coefficient (Wildman–Crippen LogP) is 3.19. The fourth-order valence-electron chi connectivity index (χ4n) is 3.74. The average molecular weight is 239 g/mol. The third kappa shape index (κ3) is 3.96. The smallest absolute Gasteiger partial charge is 0.0669 e. The molecular formula is C15H29NO. The first kappa shape index (κ1) is 13.4. The summed E-state index contributed by atoms with van der Waals surface area (Å²) >= 11 is 0. The van der Waals surface area contributed by atoms with E-state index in [1.54, 1.807) is 0 Å². The van der Waals surface area contributed by atoms with Gasteiger partial charge in [0.15, 0.2) is 0 Å². The fraction of sp³-hybridized carbons (Fsp3) is 1.00. The zero-order chi connectivity index (χ0) is 12.1. The van der Waals surface area contributed by atoms with Gasteiger partial charge in [0.25, 0.3) is 0 Å². The summed E-state index contributed by atoms with van der Waals surface area (Å²) in [6, 6.07) is 0.738. The second kappa shape index (κ2) is 6.75. The van der Waals surface area contributed by atoms with Crippen LogP contribution in [-0.2, 0) is 0 Å². The van der Waals surface area contributed by atoms with E-state index in [0.717, 1.165) is 24.9 Å². The lowest BCUT2D eigenvalue weighted by Crippen LogP contribution is -2.43. The van der Waals surface area contributed by atoms with Gasteiger partial charge in [0.2, 0.25) is 0 Å². The topological polar surface area (TPSA) is 23.5 Å². The normalized spacial score (nSPS) is 29.6. The van der Waals surface area contributed by atoms with Gasteiger partial charge in [0.05, 0.1) is 6.10 Å². The largest absolute Gasteiger partial charge is 0.392 e. The summed E-state index contributed by atoms with van der Waals surface area (Å²) in [5, 5.41) is 10.2. The Bertz CT molecular complexity index is 213. The van der Waals surface area contributed by atoms with E-state index in [-0.39, 0.29) is 6.10 Å². The van der Waals surface area contributed by atoms with Gasteiger partial charge in [0, 0.05) is 12.6 Å². The molecule has 0 aromatic rings. The van der Waals surface area contributed by atoms with Crippen molar-refractivity contribution in [2.75, 3.05) is 13.1 Å². The lowest BCUT2D eigenvalue weighted by atomic mass is 9.96. The molecule has 0 aromatic heterocycles. The van der Waals surface area contributed by atoms with Crippen LogP contribution in [0.25, 0.3) is 0 Å². The van der Waals surface area contributed by atoms with E-state index in [2.05, 4.69) is 11.8 Å². The molecule has 1 aliphatic heterocycles. The molecule has 2 atom stereocenters. The van der Waals surface area contributed by atoms with Crippen molar-refractivity contribution in [3.05, 3.63) is 0 Å². The SMILES string of the molecule is CCC1CCCCN1CC(O)CC1CCCC1. The molecule has 2 heteroatoms. The average Bonchev–Trinajstić information content (AvgIpc) is 2.82. The van der Waals surface area contributed by atoms with Gasteiger partial charge < -0.3 is 5.11 Å². The summed E-state index contributed by atoms with van der Waals surface area (Å²) < 4.78 is 0. The van der Waals surface area contributed by atoms with E-state index in [1.165, 1.54) is 57.9 Å². The van der Waals surface area contributed by atoms with E-state index < -0.39 is 0 Å². The second-order valence-electron chi connectivity index (χ2n) is 6.09. The molecule has 2 unspecified atom stereocenters. The third-order valence-electron chi connectivity index (χ3n) is 4.75. The minimum Gasteiger partial charge on any atom is -0.392 e. The molecule has 100 valence electrons. The Morgan fingerprint density at radius 3 is 2.53 bits per heavy atom. The molecule has 1 aliphatic carbocycles. The number of piperidine rings is 1. The maximum absolute atomic E-state index is 10.2. The maximum Gasteiger partial charge on any atom is 0.0669 e. The number of aliphatic hydroxyl groups is 1. The summed E-state index contributed by atoms with van der Waals surface area (Å²) in [7, 11) is 0. The van der Waals surface area contributed by atoms with Crippen molar-refractivity contribution in [2.24, 2.45) is 5.92 Å². The molecule has 0 spiro atoms. The number of aliphatic hydroxyl groups excluding tert-OH is 1. The Morgan fingerprint density at radius 2 is 1.82 bits per heavy atom. The zero-order valence-electron chi connectivity index (χ0n) is 11.4. The van der Waals surface area contributed by atoms with Gasteiger partial charge in [-0.25, -0.2) is 0 Å². The molecule has 2 rings (SSSR count). The van der Waals surface area contributed by atoms with E-state index in [1.807, 2.05) is 0 Å². The number of rotatable bonds is 5. The number of nitrogens with zero attached hydrogens (tertiary/aromatic N) is 1. The monoisotopic (exact) mass is 239 g/mol. The van der Waals surface area contributed by atoms with Gasteiger partial charge in [-0.2, -0.15) is 0 Å². The van der Waals surface area contributed by atoms with Crippen molar-refractivity contribution in [3.8, 4) is 0 Å². The number of hydrogen-bond donors (Lipinski definition) is 1. The fourth-order valence-corrected chi connectivity index (χ4v) is 3.74. The van der Waals surface area contributed by atoms with Crippen LogP contribution in [0.5, 0.6) is 0 Å². The highest BCUT2D eigenvalue weighted by Gasteiger charge is 2.25. The highest BCUT2D eigenvalue weighted by Crippen LogP contribution is 2.29. The van der Waals surface area contributed by atoms with E-state index >= 15 is 0 Å². The van der Waals surface area contributed by atoms with E-state index in [0.29, 0.717) is 0 Å². The van der Waals surface area contributed by atoms with Crippen LogP contribution in [0.15, 0.2) is 0 Å². The molecule has 1 N–H and O–H groups in total. The molecule has 2 aliphatic rings. The zero-order valence-corrected chi connectivity index (χ0v) is 11.4. The predicted molar refractivity (Wildman–Crippen MR) is 72.1 cm³/mol. The summed E-state index contributed by atoms with van der Waals surface area (Å²) in [6.07, 6.45) is 11.8. The molecule has 1 saturated carbocycles. The summed E-state index contributed by atoms with van der Waals surface area (Å²) in [6.45, 7) is 4.42. The lowest BCUT2D eigenvalue weighted by Gasteiger charge is -2.36. The molecule has 0 bridgehead atoms. The van der Waals surface area contributed by atoms with Crippen LogP contribution in [0.2, 0.25) is 0 Å². The third-order valence-corrected chi connectivity index (χ3v) is 4.75. The van der Waals surface area contributed by atoms with Gasteiger partial charge in [-0.3, -0.25) is 4.90 Å². The summed E-state index contributed by atoms with van der Waals surface area (Å²) in [5.41, 5.74) is 0. The first-order valence-corrected chi connectivity index (χ1v) is 7.71. The van der Waals surface area contributed by atoms with Crippen LogP contribution in [0, 0.1) is 5.92 Å². The second-order valence-corrected chi connectivity index (χ2v) is 6.09. The Hall–Kier alpha value is -0.0800. The standard InChI is InChI=1S/C15H29NO/c1-2-14-9-5-6-10-16(14)12-15(17)11-13-7-3-4-8-13/h13-15,17H,2-12H2,1H3. The van der Waals surface area contributed by atoms with Crippen LogP contribution < -0.4 is 0 Å². The maximum atomic E-state index is 10.2. The Labute approximate surface area is 106 Å². The number of hydrogen-bond acceptors (Lipinski definition) is 2. The highest BCUT2D eigenvalue weighted by molar-refractivity contribution is 4.79. The molecule has 2 fully saturated rings. The first-order chi connectivity index (χ1) is 8.29. The van der Waals surface area contributed by atoms with Crippen molar-refractivity contribution in [1.82, 2.24) is 4.90 Å². The van der Waals surface area contributed by atoms with Gasteiger partial charge in [-0.05, 0) is 38.1 Å². The Morgan fingerprint density at radius 1 is 1.12 bits per heavy atom. The minimum atomic E-state index is -0.0785. The van der Waals surface area contributed by atoms with Gasteiger partial charge >= 0.3 is 0 Å². The Kier molecular flexibility index (Phi) is 5.30. The van der Waals surface area contributed by atoms with Crippen LogP contribution in [0.1, 0.15) is 64.7 Å². The molecule has 1 saturated heterocycles. The van der Waals surface area contributed by atoms with Crippen molar-refractivity contribution in [1.29, 1.82) is 0 Å². The molecular weight excluding hydrogens is 210 g/mol. The van der Waals surface area contributed by atoms with Gasteiger partial charge in [-0.15, -0.1) is 0 Å². The quantitative estimate of drug-likeness (QED) is 0.796. The molecule has 0 radical (unpaired) electrons. The number of β-amino-alcohol motifs (C(OH)–C–C–N with tert-alkyl or cyclic N) is 1. The molecule has 1 heterocycles. The van der Waals surface area contributed by atoms with Crippen molar-refractivity contribution < 1.29 is 5.11 Å². The van der Waals surface area contributed by atoms with Crippen molar-refractivity contribution >= 4 is 0 Å². The van der Waals surface area contributed by atoms with Gasteiger partial charge in [0.1, 0.15) is 0 Å². The van der Waals surface area contributed by atoms with Crippen LogP contribution in [0.3, 0.4) is 0 Å². The Balaban J connectivity index is 1.73. The van der Waals surface area contributed by atoms with Crippen LogP contribution in [-0.4, -0.2) is 35.2 Å². The molecule has 0 amide bonds. The number of likely N-dealkylation sites (tertiary alicyclic amines) is 1. The molecule has 17 heavy (non-hydrogen) atoms. The van der Waals surface area contributed by atoms with Crippen molar-refractivity contribution in [3.63, 3.8) is 0 Å². The van der Waals surface area contributed by atoms with Gasteiger partial charge in [-0.1, -0.05) is 39.0 Å².